The Morgan fingerprint density at radius 2 is 2.38 bits per heavy atom. The minimum Gasteiger partial charge on any atom is -0.340 e. The zero-order chi connectivity index (χ0) is 14.8. The van der Waals surface area contributed by atoms with E-state index >= 15 is 0 Å². The zero-order valence-electron chi connectivity index (χ0n) is 11.6. The van der Waals surface area contributed by atoms with Crippen molar-refractivity contribution in [1.29, 1.82) is 0 Å². The molecule has 0 aliphatic carbocycles. The van der Waals surface area contributed by atoms with Crippen molar-refractivity contribution in [2.75, 3.05) is 13.1 Å². The maximum Gasteiger partial charge on any atom is 0.256 e. The Labute approximate surface area is 121 Å². The molecule has 1 unspecified atom stereocenters. The summed E-state index contributed by atoms with van der Waals surface area (Å²) < 4.78 is 18.7. The average molecular weight is 290 g/mol. The highest BCUT2D eigenvalue weighted by atomic mass is 19.1. The highest BCUT2D eigenvalue weighted by Crippen LogP contribution is 2.26. The van der Waals surface area contributed by atoms with E-state index in [1.54, 1.807) is 11.8 Å². The Balaban J connectivity index is 1.77. The quantitative estimate of drug-likeness (QED) is 0.845. The molecular formula is C14H15FN4O2. The fraction of sp³-hybridized carbons (Fsp3) is 0.429. The van der Waals surface area contributed by atoms with Crippen molar-refractivity contribution in [3.63, 3.8) is 0 Å². The third-order valence-electron chi connectivity index (χ3n) is 3.62. The van der Waals surface area contributed by atoms with Crippen LogP contribution in [0.25, 0.3) is 0 Å². The fourth-order valence-corrected chi connectivity index (χ4v) is 2.57. The number of rotatable bonds is 2. The molecule has 1 amide bonds. The van der Waals surface area contributed by atoms with E-state index < -0.39 is 5.82 Å². The van der Waals surface area contributed by atoms with E-state index in [2.05, 4.69) is 15.1 Å². The van der Waals surface area contributed by atoms with Crippen molar-refractivity contribution >= 4 is 5.91 Å². The van der Waals surface area contributed by atoms with Gasteiger partial charge in [0.2, 0.25) is 5.89 Å². The van der Waals surface area contributed by atoms with Crippen LogP contribution in [0.2, 0.25) is 0 Å². The van der Waals surface area contributed by atoms with Crippen LogP contribution in [-0.2, 0) is 0 Å². The number of aromatic nitrogens is 3. The van der Waals surface area contributed by atoms with Gasteiger partial charge in [-0.25, -0.2) is 4.39 Å². The van der Waals surface area contributed by atoms with Crippen LogP contribution in [0.15, 0.2) is 23.0 Å². The first kappa shape index (κ1) is 13.7. The van der Waals surface area contributed by atoms with Gasteiger partial charge in [0.25, 0.3) is 5.91 Å². The third-order valence-corrected chi connectivity index (χ3v) is 3.62. The van der Waals surface area contributed by atoms with Gasteiger partial charge >= 0.3 is 0 Å². The molecule has 1 fully saturated rings. The van der Waals surface area contributed by atoms with Gasteiger partial charge in [-0.1, -0.05) is 5.16 Å². The Morgan fingerprint density at radius 3 is 3.10 bits per heavy atom. The van der Waals surface area contributed by atoms with Crippen LogP contribution in [0.5, 0.6) is 0 Å². The number of hydrogen-bond donors (Lipinski definition) is 0. The number of amides is 1. The molecule has 21 heavy (non-hydrogen) atoms. The van der Waals surface area contributed by atoms with Crippen molar-refractivity contribution in [1.82, 2.24) is 20.0 Å². The lowest BCUT2D eigenvalue weighted by Gasteiger charge is -2.31. The zero-order valence-corrected chi connectivity index (χ0v) is 11.6. The summed E-state index contributed by atoms with van der Waals surface area (Å²) in [6, 6.07) is 1.40. The predicted molar refractivity (Wildman–Crippen MR) is 71.1 cm³/mol. The van der Waals surface area contributed by atoms with Crippen LogP contribution in [0.4, 0.5) is 4.39 Å². The van der Waals surface area contributed by atoms with Gasteiger partial charge in [-0.2, -0.15) is 4.98 Å². The second kappa shape index (κ2) is 5.59. The molecule has 2 aromatic heterocycles. The summed E-state index contributed by atoms with van der Waals surface area (Å²) in [5, 5.41) is 3.92. The summed E-state index contributed by atoms with van der Waals surface area (Å²) >= 11 is 0. The SMILES string of the molecule is Cc1nc(C2CCCN(C(=O)c3ccncc3F)C2)no1. The average Bonchev–Trinajstić information content (AvgIpc) is 2.94. The molecule has 1 aliphatic heterocycles. The fourth-order valence-electron chi connectivity index (χ4n) is 2.57. The van der Waals surface area contributed by atoms with Gasteiger partial charge in [-0.15, -0.1) is 0 Å². The maximum absolute atomic E-state index is 13.7. The first-order valence-electron chi connectivity index (χ1n) is 6.84. The molecular weight excluding hydrogens is 275 g/mol. The molecule has 1 atom stereocenters. The molecule has 6 nitrogen and oxygen atoms in total. The van der Waals surface area contributed by atoms with Crippen molar-refractivity contribution < 1.29 is 13.7 Å². The summed E-state index contributed by atoms with van der Waals surface area (Å²) in [7, 11) is 0. The first-order chi connectivity index (χ1) is 10.1. The Hall–Kier alpha value is -2.31. The van der Waals surface area contributed by atoms with Gasteiger partial charge in [0.15, 0.2) is 11.6 Å². The lowest BCUT2D eigenvalue weighted by Crippen LogP contribution is -2.39. The van der Waals surface area contributed by atoms with E-state index in [1.165, 1.54) is 12.3 Å². The summed E-state index contributed by atoms with van der Waals surface area (Å²) in [6.45, 7) is 2.81. The maximum atomic E-state index is 13.7. The first-order valence-corrected chi connectivity index (χ1v) is 6.84. The number of piperidine rings is 1. The number of halogens is 1. The smallest absolute Gasteiger partial charge is 0.256 e. The van der Waals surface area contributed by atoms with Crippen LogP contribution in [-0.4, -0.2) is 39.0 Å². The normalized spacial score (nSPS) is 18.8. The standard InChI is InChI=1S/C14H15FN4O2/c1-9-17-13(18-21-9)10-3-2-6-19(8-10)14(20)11-4-5-16-7-12(11)15/h4-5,7,10H,2-3,6,8H2,1H3. The highest BCUT2D eigenvalue weighted by molar-refractivity contribution is 5.94. The molecule has 2 aromatic rings. The van der Waals surface area contributed by atoms with Crippen LogP contribution in [0, 0.1) is 12.7 Å². The van der Waals surface area contributed by atoms with E-state index in [1.807, 2.05) is 0 Å². The van der Waals surface area contributed by atoms with Crippen molar-refractivity contribution in [2.45, 2.75) is 25.7 Å². The second-order valence-corrected chi connectivity index (χ2v) is 5.12. The Kier molecular flexibility index (Phi) is 3.64. The van der Waals surface area contributed by atoms with Gasteiger partial charge < -0.3 is 9.42 Å². The summed E-state index contributed by atoms with van der Waals surface area (Å²) in [4.78, 5) is 21.9. The summed E-state index contributed by atoms with van der Waals surface area (Å²) in [5.74, 6) is 0.235. The van der Waals surface area contributed by atoms with Crippen LogP contribution in [0.3, 0.4) is 0 Å². The van der Waals surface area contributed by atoms with Crippen molar-refractivity contribution in [3.05, 3.63) is 41.6 Å². The van der Waals surface area contributed by atoms with E-state index in [0.717, 1.165) is 19.0 Å². The van der Waals surface area contributed by atoms with Crippen molar-refractivity contribution in [2.24, 2.45) is 0 Å². The second-order valence-electron chi connectivity index (χ2n) is 5.12. The van der Waals surface area contributed by atoms with E-state index in [4.69, 9.17) is 4.52 Å². The topological polar surface area (TPSA) is 72.1 Å². The van der Waals surface area contributed by atoms with Gasteiger partial charge in [-0.05, 0) is 18.9 Å². The number of likely N-dealkylation sites (tertiary alicyclic amines) is 1. The minimum absolute atomic E-state index is 0.0325. The molecule has 0 saturated carbocycles. The largest absolute Gasteiger partial charge is 0.340 e. The number of carbonyl (C=O) groups excluding carboxylic acids is 1. The molecule has 0 N–H and O–H groups in total. The van der Waals surface area contributed by atoms with Crippen LogP contribution >= 0.6 is 0 Å². The molecule has 3 heterocycles. The number of pyridine rings is 1. The van der Waals surface area contributed by atoms with E-state index in [-0.39, 0.29) is 17.4 Å². The molecule has 0 spiro atoms. The number of nitrogens with zero attached hydrogens (tertiary/aromatic N) is 4. The molecule has 1 aliphatic rings. The summed E-state index contributed by atoms with van der Waals surface area (Å²) in [5.41, 5.74) is 0.0509. The molecule has 1 saturated heterocycles. The predicted octanol–water partition coefficient (Wildman–Crippen LogP) is 1.93. The van der Waals surface area contributed by atoms with Gasteiger partial charge in [0, 0.05) is 32.1 Å². The number of carbonyl (C=O) groups is 1. The molecule has 0 aromatic carbocycles. The number of aryl methyl sites for hydroxylation is 1. The highest BCUT2D eigenvalue weighted by Gasteiger charge is 2.29. The summed E-state index contributed by atoms with van der Waals surface area (Å²) in [6.07, 6.45) is 4.19. The Morgan fingerprint density at radius 1 is 1.52 bits per heavy atom. The van der Waals surface area contributed by atoms with Crippen LogP contribution in [0.1, 0.15) is 40.8 Å². The van der Waals surface area contributed by atoms with Gasteiger partial charge in [0.1, 0.15) is 0 Å². The van der Waals surface area contributed by atoms with Crippen molar-refractivity contribution in [3.8, 4) is 0 Å². The molecule has 0 radical (unpaired) electrons. The van der Waals surface area contributed by atoms with Crippen LogP contribution < -0.4 is 0 Å². The number of hydrogen-bond acceptors (Lipinski definition) is 5. The van der Waals surface area contributed by atoms with E-state index in [0.29, 0.717) is 24.8 Å². The third kappa shape index (κ3) is 2.76. The molecule has 3 rings (SSSR count). The lowest BCUT2D eigenvalue weighted by molar-refractivity contribution is 0.0698. The Bertz CT molecular complexity index is 658. The minimum atomic E-state index is -0.597. The lowest BCUT2D eigenvalue weighted by atomic mass is 9.97. The molecule has 0 bridgehead atoms. The molecule has 110 valence electrons. The van der Waals surface area contributed by atoms with Gasteiger partial charge in [0.05, 0.1) is 11.8 Å². The van der Waals surface area contributed by atoms with E-state index in [9.17, 15) is 9.18 Å². The van der Waals surface area contributed by atoms with Gasteiger partial charge in [-0.3, -0.25) is 9.78 Å². The monoisotopic (exact) mass is 290 g/mol. The molecule has 7 heteroatoms.